The molecule has 0 fully saturated rings. The molecule has 0 heterocycles. The predicted octanol–water partition coefficient (Wildman–Crippen LogP) is 3.75. The standard InChI is InChI=1S/C21H23F3IN3O5S/c1-12(30)28(33-7-8-34-2)11-13-9-15(21(31)27-32-6-5-29)20(19(24)18(13)23)26-17-4-3-14(25)10-16(17)22/h3-4,9-10,26,29H,5-8,11H2,1-2H3,(H,27,31). The second-order valence-electron chi connectivity index (χ2n) is 6.72. The Morgan fingerprint density at radius 2 is 1.91 bits per heavy atom. The fourth-order valence-corrected chi connectivity index (χ4v) is 3.37. The lowest BCUT2D eigenvalue weighted by molar-refractivity contribution is -0.185. The lowest BCUT2D eigenvalue weighted by Gasteiger charge is -2.22. The minimum atomic E-state index is -1.46. The maximum Gasteiger partial charge on any atom is 0.277 e. The molecule has 186 valence electrons. The zero-order chi connectivity index (χ0) is 25.3. The maximum absolute atomic E-state index is 15.2. The number of carbonyl (C=O) groups excluding carboxylic acids is 2. The molecule has 0 bridgehead atoms. The van der Waals surface area contributed by atoms with E-state index in [0.29, 0.717) is 9.32 Å². The van der Waals surface area contributed by atoms with Crippen LogP contribution in [0.5, 0.6) is 0 Å². The molecular weight excluding hydrogens is 590 g/mol. The first-order chi connectivity index (χ1) is 16.2. The lowest BCUT2D eigenvalue weighted by atomic mass is 10.1. The fraction of sp³-hybridized carbons (Fsp3) is 0.333. The van der Waals surface area contributed by atoms with Gasteiger partial charge in [0.2, 0.25) is 5.91 Å². The highest BCUT2D eigenvalue weighted by Gasteiger charge is 2.25. The molecule has 13 heteroatoms. The van der Waals surface area contributed by atoms with E-state index in [1.165, 1.54) is 36.9 Å². The van der Waals surface area contributed by atoms with E-state index in [9.17, 15) is 18.4 Å². The van der Waals surface area contributed by atoms with E-state index in [2.05, 4.69) is 5.32 Å². The SMILES string of the molecule is CSCCON(Cc1cc(C(=O)NOCCO)c(Nc2ccc(I)cc2F)c(F)c1F)C(C)=O. The summed E-state index contributed by atoms with van der Waals surface area (Å²) in [5.74, 6) is -4.54. The molecule has 0 aliphatic rings. The van der Waals surface area contributed by atoms with Crippen LogP contribution >= 0.6 is 34.4 Å². The third kappa shape index (κ3) is 7.73. The summed E-state index contributed by atoms with van der Waals surface area (Å²) in [5, 5.41) is 12.1. The van der Waals surface area contributed by atoms with Gasteiger partial charge in [0, 0.05) is 21.8 Å². The van der Waals surface area contributed by atoms with E-state index in [1.807, 2.05) is 34.3 Å². The third-order valence-corrected chi connectivity index (χ3v) is 5.52. The van der Waals surface area contributed by atoms with Crippen LogP contribution < -0.4 is 10.8 Å². The van der Waals surface area contributed by atoms with Crippen molar-refractivity contribution < 1.29 is 37.5 Å². The molecule has 0 aliphatic heterocycles. The van der Waals surface area contributed by atoms with Crippen molar-refractivity contribution in [1.82, 2.24) is 10.5 Å². The minimum absolute atomic E-state index is 0.152. The monoisotopic (exact) mass is 613 g/mol. The second kappa shape index (κ2) is 13.7. The molecule has 0 aromatic heterocycles. The van der Waals surface area contributed by atoms with Crippen molar-refractivity contribution in [2.45, 2.75) is 13.5 Å². The summed E-state index contributed by atoms with van der Waals surface area (Å²) < 4.78 is 45.1. The van der Waals surface area contributed by atoms with Gasteiger partial charge in [-0.15, -0.1) is 0 Å². The topological polar surface area (TPSA) is 100 Å². The highest BCUT2D eigenvalue weighted by Crippen LogP contribution is 2.31. The van der Waals surface area contributed by atoms with Crippen LogP contribution in [0.4, 0.5) is 24.5 Å². The average Bonchev–Trinajstić information content (AvgIpc) is 2.79. The zero-order valence-electron chi connectivity index (χ0n) is 18.3. The number of rotatable bonds is 12. The van der Waals surface area contributed by atoms with Gasteiger partial charge in [0.1, 0.15) is 5.82 Å². The molecule has 2 rings (SSSR count). The summed E-state index contributed by atoms with van der Waals surface area (Å²) in [4.78, 5) is 34.7. The molecule has 0 saturated carbocycles. The van der Waals surface area contributed by atoms with Gasteiger partial charge in [0.05, 0.1) is 43.3 Å². The number of thioether (sulfide) groups is 1. The number of hydrogen-bond acceptors (Lipinski definition) is 7. The number of hydrogen-bond donors (Lipinski definition) is 3. The van der Waals surface area contributed by atoms with Crippen LogP contribution in [-0.2, 0) is 21.0 Å². The molecular formula is C21H23F3IN3O5S. The molecule has 8 nitrogen and oxygen atoms in total. The van der Waals surface area contributed by atoms with E-state index >= 15 is 4.39 Å². The third-order valence-electron chi connectivity index (χ3n) is 4.28. The van der Waals surface area contributed by atoms with Crippen molar-refractivity contribution in [2.75, 3.05) is 37.1 Å². The van der Waals surface area contributed by atoms with E-state index < -0.39 is 53.7 Å². The normalized spacial score (nSPS) is 10.8. The van der Waals surface area contributed by atoms with Crippen LogP contribution in [0.3, 0.4) is 0 Å². The second-order valence-corrected chi connectivity index (χ2v) is 8.95. The van der Waals surface area contributed by atoms with Crippen LogP contribution in [0.2, 0.25) is 0 Å². The van der Waals surface area contributed by atoms with Crippen molar-refractivity contribution >= 4 is 57.5 Å². The summed E-state index contributed by atoms with van der Waals surface area (Å²) in [6.07, 6.45) is 1.84. The van der Waals surface area contributed by atoms with Crippen LogP contribution in [0.1, 0.15) is 22.8 Å². The quantitative estimate of drug-likeness (QED) is 0.191. The molecule has 34 heavy (non-hydrogen) atoms. The van der Waals surface area contributed by atoms with Crippen LogP contribution in [0, 0.1) is 21.0 Å². The van der Waals surface area contributed by atoms with Crippen LogP contribution in [0.25, 0.3) is 0 Å². The molecule has 2 aromatic carbocycles. The Hall–Kier alpha value is -2.07. The molecule has 0 atom stereocenters. The van der Waals surface area contributed by atoms with Crippen molar-refractivity contribution in [1.29, 1.82) is 0 Å². The Morgan fingerprint density at radius 3 is 2.53 bits per heavy atom. The molecule has 0 spiro atoms. The molecule has 0 unspecified atom stereocenters. The number of aliphatic hydroxyl groups is 1. The number of nitrogens with one attached hydrogen (secondary N) is 2. The number of halogens is 4. The first-order valence-electron chi connectivity index (χ1n) is 9.85. The number of hydroxylamine groups is 3. The van der Waals surface area contributed by atoms with Gasteiger partial charge in [0.15, 0.2) is 11.6 Å². The lowest BCUT2D eigenvalue weighted by Crippen LogP contribution is -2.31. The largest absolute Gasteiger partial charge is 0.394 e. The van der Waals surface area contributed by atoms with Gasteiger partial charge in [0.25, 0.3) is 5.91 Å². The summed E-state index contributed by atoms with van der Waals surface area (Å²) in [7, 11) is 0. The zero-order valence-corrected chi connectivity index (χ0v) is 21.3. The molecule has 3 N–H and O–H groups in total. The van der Waals surface area contributed by atoms with Gasteiger partial charge in [-0.2, -0.15) is 11.8 Å². The number of benzene rings is 2. The van der Waals surface area contributed by atoms with Crippen molar-refractivity contribution in [2.24, 2.45) is 0 Å². The van der Waals surface area contributed by atoms with Gasteiger partial charge in [-0.3, -0.25) is 19.3 Å². The fourth-order valence-electron chi connectivity index (χ4n) is 2.67. The summed E-state index contributed by atoms with van der Waals surface area (Å²) in [6.45, 7) is 0.210. The van der Waals surface area contributed by atoms with E-state index in [4.69, 9.17) is 14.8 Å². The van der Waals surface area contributed by atoms with E-state index in [0.717, 1.165) is 11.1 Å². The highest BCUT2D eigenvalue weighted by atomic mass is 127. The Balaban J connectivity index is 2.49. The summed E-state index contributed by atoms with van der Waals surface area (Å²) in [5.41, 5.74) is 0.409. The number of nitrogens with zero attached hydrogens (tertiary/aromatic N) is 1. The first kappa shape index (κ1) is 28.2. The molecule has 2 aromatic rings. The van der Waals surface area contributed by atoms with Crippen LogP contribution in [0.15, 0.2) is 24.3 Å². The van der Waals surface area contributed by atoms with Gasteiger partial charge in [-0.05, 0) is 53.1 Å². The number of aliphatic hydroxyl groups excluding tert-OH is 1. The molecule has 0 radical (unpaired) electrons. The predicted molar refractivity (Wildman–Crippen MR) is 130 cm³/mol. The molecule has 0 saturated heterocycles. The van der Waals surface area contributed by atoms with Crippen molar-refractivity contribution in [3.63, 3.8) is 0 Å². The number of amides is 2. The Morgan fingerprint density at radius 1 is 1.18 bits per heavy atom. The van der Waals surface area contributed by atoms with Gasteiger partial charge < -0.3 is 10.4 Å². The smallest absolute Gasteiger partial charge is 0.277 e. The average molecular weight is 613 g/mol. The highest BCUT2D eigenvalue weighted by molar-refractivity contribution is 14.1. The molecule has 0 aliphatic carbocycles. The van der Waals surface area contributed by atoms with Gasteiger partial charge in [-0.1, -0.05) is 0 Å². The van der Waals surface area contributed by atoms with Gasteiger partial charge >= 0.3 is 0 Å². The summed E-state index contributed by atoms with van der Waals surface area (Å²) >= 11 is 3.35. The number of carbonyl (C=O) groups is 2. The summed E-state index contributed by atoms with van der Waals surface area (Å²) in [6, 6.07) is 5.03. The molecule has 2 amide bonds. The minimum Gasteiger partial charge on any atom is -0.394 e. The Kier molecular flexibility index (Phi) is 11.4. The Bertz CT molecular complexity index is 1030. The van der Waals surface area contributed by atoms with E-state index in [1.54, 1.807) is 0 Å². The maximum atomic E-state index is 15.2. The Labute approximate surface area is 212 Å². The van der Waals surface area contributed by atoms with Crippen molar-refractivity contribution in [3.8, 4) is 0 Å². The first-order valence-corrected chi connectivity index (χ1v) is 12.3. The van der Waals surface area contributed by atoms with Crippen molar-refractivity contribution in [3.05, 3.63) is 56.4 Å². The number of anilines is 2. The van der Waals surface area contributed by atoms with E-state index in [-0.39, 0.29) is 24.5 Å². The van der Waals surface area contributed by atoms with Crippen LogP contribution in [-0.4, -0.2) is 53.8 Å². The van der Waals surface area contributed by atoms with Gasteiger partial charge in [-0.25, -0.2) is 23.7 Å².